The van der Waals surface area contributed by atoms with E-state index in [1.54, 1.807) is 6.07 Å². The van der Waals surface area contributed by atoms with Gasteiger partial charge in [0.15, 0.2) is 5.78 Å². The molecule has 1 fully saturated rings. The molecule has 3 aliphatic rings. The zero-order chi connectivity index (χ0) is 19.1. The predicted molar refractivity (Wildman–Crippen MR) is 105 cm³/mol. The number of methoxy groups -OCH3 is 1. The van der Waals surface area contributed by atoms with Crippen LogP contribution in [0.15, 0.2) is 40.7 Å². The van der Waals surface area contributed by atoms with Crippen molar-refractivity contribution in [2.24, 2.45) is 0 Å². The molecule has 2 heterocycles. The molecule has 6 heteroatoms. The standard InChI is InChI=1S/C21H21Cl2NO3/c1-27-21(26)19-15-8-2-3-11-24(15)14-9-5-10-16(25)18(14)17(19)12-6-4-7-13(22)20(12)23/h4,6-7,17H,2-3,5,8-11H2,1H3. The summed E-state index contributed by atoms with van der Waals surface area (Å²) in [6.45, 7) is 0.831. The Kier molecular flexibility index (Phi) is 5.04. The van der Waals surface area contributed by atoms with Crippen LogP contribution in [0.25, 0.3) is 0 Å². The summed E-state index contributed by atoms with van der Waals surface area (Å²) >= 11 is 12.8. The smallest absolute Gasteiger partial charge is 0.336 e. The number of esters is 1. The van der Waals surface area contributed by atoms with Crippen molar-refractivity contribution in [3.05, 3.63) is 56.3 Å². The number of ether oxygens (including phenoxy) is 1. The van der Waals surface area contributed by atoms with Gasteiger partial charge in [-0.2, -0.15) is 0 Å². The molecule has 1 aliphatic carbocycles. The Bertz CT molecular complexity index is 887. The third kappa shape index (κ3) is 2.99. The second kappa shape index (κ2) is 7.33. The minimum atomic E-state index is -0.518. The fraction of sp³-hybridized carbons (Fsp3) is 0.429. The fourth-order valence-electron chi connectivity index (χ4n) is 4.58. The van der Waals surface area contributed by atoms with Crippen LogP contribution in [0.3, 0.4) is 0 Å². The molecule has 0 N–H and O–H groups in total. The summed E-state index contributed by atoms with van der Waals surface area (Å²) in [5.74, 6) is -0.831. The van der Waals surface area contributed by atoms with Gasteiger partial charge in [0.2, 0.25) is 0 Å². The SMILES string of the molecule is COC(=O)C1=C2CCCCN2C2=C(C(=O)CCC2)C1c1cccc(Cl)c1Cl. The first-order valence-electron chi connectivity index (χ1n) is 9.33. The van der Waals surface area contributed by atoms with E-state index < -0.39 is 11.9 Å². The Morgan fingerprint density at radius 2 is 1.89 bits per heavy atom. The molecule has 4 nitrogen and oxygen atoms in total. The summed E-state index contributed by atoms with van der Waals surface area (Å²) in [5.41, 5.74) is 3.95. The highest BCUT2D eigenvalue weighted by Crippen LogP contribution is 2.50. The van der Waals surface area contributed by atoms with Crippen molar-refractivity contribution in [1.82, 2.24) is 4.90 Å². The van der Waals surface area contributed by atoms with E-state index in [0.717, 1.165) is 50.0 Å². The van der Waals surface area contributed by atoms with Crippen molar-refractivity contribution in [2.45, 2.75) is 44.4 Å². The fourth-order valence-corrected chi connectivity index (χ4v) is 4.99. The lowest BCUT2D eigenvalue weighted by atomic mass is 9.73. The maximum atomic E-state index is 13.0. The predicted octanol–water partition coefficient (Wildman–Crippen LogP) is 5.01. The number of halogens is 2. The second-order valence-corrected chi connectivity index (χ2v) is 7.96. The van der Waals surface area contributed by atoms with Crippen LogP contribution in [0.1, 0.15) is 50.0 Å². The second-order valence-electron chi connectivity index (χ2n) is 7.17. The lowest BCUT2D eigenvalue weighted by Gasteiger charge is -2.44. The van der Waals surface area contributed by atoms with Gasteiger partial charge in [0, 0.05) is 35.9 Å². The Hall–Kier alpha value is -1.78. The van der Waals surface area contributed by atoms with Crippen LogP contribution < -0.4 is 0 Å². The topological polar surface area (TPSA) is 46.6 Å². The largest absolute Gasteiger partial charge is 0.466 e. The van der Waals surface area contributed by atoms with Crippen LogP contribution in [0.4, 0.5) is 0 Å². The Labute approximate surface area is 168 Å². The summed E-state index contributed by atoms with van der Waals surface area (Å²) in [6, 6.07) is 5.38. The normalized spacial score (nSPS) is 22.6. The molecule has 142 valence electrons. The average molecular weight is 406 g/mol. The quantitative estimate of drug-likeness (QED) is 0.648. The molecular weight excluding hydrogens is 385 g/mol. The maximum Gasteiger partial charge on any atom is 0.336 e. The Morgan fingerprint density at radius 1 is 1.11 bits per heavy atom. The van der Waals surface area contributed by atoms with Gasteiger partial charge in [0.1, 0.15) is 0 Å². The van der Waals surface area contributed by atoms with Gasteiger partial charge >= 0.3 is 5.97 Å². The number of piperidine rings is 1. The first kappa shape index (κ1) is 18.6. The van der Waals surface area contributed by atoms with Crippen LogP contribution in [0.2, 0.25) is 10.0 Å². The molecule has 2 aliphatic heterocycles. The van der Waals surface area contributed by atoms with Gasteiger partial charge in [-0.3, -0.25) is 4.79 Å². The number of hydrogen-bond acceptors (Lipinski definition) is 4. The number of ketones is 1. The highest BCUT2D eigenvalue weighted by Gasteiger charge is 2.44. The lowest BCUT2D eigenvalue weighted by molar-refractivity contribution is -0.136. The summed E-state index contributed by atoms with van der Waals surface area (Å²) < 4.78 is 5.14. The van der Waals surface area contributed by atoms with E-state index in [1.807, 2.05) is 12.1 Å². The van der Waals surface area contributed by atoms with Crippen LogP contribution >= 0.6 is 23.2 Å². The molecule has 0 amide bonds. The van der Waals surface area contributed by atoms with Gasteiger partial charge < -0.3 is 9.64 Å². The molecular formula is C21H21Cl2NO3. The number of hydrogen-bond donors (Lipinski definition) is 0. The van der Waals surface area contributed by atoms with E-state index in [1.165, 1.54) is 7.11 Å². The molecule has 0 radical (unpaired) electrons. The molecule has 1 aromatic carbocycles. The van der Waals surface area contributed by atoms with Crippen molar-refractivity contribution in [3.63, 3.8) is 0 Å². The van der Waals surface area contributed by atoms with Gasteiger partial charge in [-0.05, 0) is 43.7 Å². The van der Waals surface area contributed by atoms with E-state index in [2.05, 4.69) is 4.90 Å². The maximum absolute atomic E-state index is 13.0. The number of carbonyl (C=O) groups excluding carboxylic acids is 2. The molecule has 1 atom stereocenters. The van der Waals surface area contributed by atoms with Gasteiger partial charge in [-0.1, -0.05) is 35.3 Å². The van der Waals surface area contributed by atoms with Crippen molar-refractivity contribution in [1.29, 1.82) is 0 Å². The third-order valence-corrected chi connectivity index (χ3v) is 6.55. The van der Waals surface area contributed by atoms with Crippen molar-refractivity contribution in [3.8, 4) is 0 Å². The summed E-state index contributed by atoms with van der Waals surface area (Å²) in [7, 11) is 1.38. The molecule has 4 rings (SSSR count). The van der Waals surface area contributed by atoms with E-state index in [4.69, 9.17) is 27.9 Å². The van der Waals surface area contributed by atoms with Crippen LogP contribution in [-0.2, 0) is 14.3 Å². The average Bonchev–Trinajstić information content (AvgIpc) is 2.69. The zero-order valence-corrected chi connectivity index (χ0v) is 16.7. The summed E-state index contributed by atoms with van der Waals surface area (Å²) in [6.07, 6.45) is 5.03. The number of carbonyl (C=O) groups is 2. The van der Waals surface area contributed by atoms with Gasteiger partial charge in [-0.15, -0.1) is 0 Å². The highest BCUT2D eigenvalue weighted by molar-refractivity contribution is 6.42. The van der Waals surface area contributed by atoms with E-state index in [-0.39, 0.29) is 5.78 Å². The highest BCUT2D eigenvalue weighted by atomic mass is 35.5. The molecule has 27 heavy (non-hydrogen) atoms. The number of rotatable bonds is 2. The molecule has 0 bridgehead atoms. The molecule has 0 spiro atoms. The zero-order valence-electron chi connectivity index (χ0n) is 15.2. The third-order valence-electron chi connectivity index (χ3n) is 5.71. The number of allylic oxidation sites excluding steroid dienone is 3. The van der Waals surface area contributed by atoms with Crippen LogP contribution in [0.5, 0.6) is 0 Å². The first-order valence-corrected chi connectivity index (χ1v) is 10.1. The van der Waals surface area contributed by atoms with Crippen molar-refractivity contribution >= 4 is 35.0 Å². The Morgan fingerprint density at radius 3 is 2.67 bits per heavy atom. The van der Waals surface area contributed by atoms with Gasteiger partial charge in [0.05, 0.1) is 22.7 Å². The lowest BCUT2D eigenvalue weighted by Crippen LogP contribution is -2.40. The van der Waals surface area contributed by atoms with Crippen molar-refractivity contribution < 1.29 is 14.3 Å². The minimum Gasteiger partial charge on any atom is -0.466 e. The van der Waals surface area contributed by atoms with E-state index >= 15 is 0 Å². The van der Waals surface area contributed by atoms with E-state index in [0.29, 0.717) is 33.2 Å². The number of nitrogens with zero attached hydrogens (tertiary/aromatic N) is 1. The molecule has 0 aromatic heterocycles. The Balaban J connectivity index is 2.01. The monoisotopic (exact) mass is 405 g/mol. The number of benzene rings is 1. The molecule has 1 unspecified atom stereocenters. The van der Waals surface area contributed by atoms with Crippen LogP contribution in [0, 0.1) is 0 Å². The molecule has 1 aromatic rings. The molecule has 1 saturated heterocycles. The number of fused-ring (bicyclic) bond motifs is 2. The van der Waals surface area contributed by atoms with E-state index in [9.17, 15) is 9.59 Å². The minimum absolute atomic E-state index is 0.0864. The van der Waals surface area contributed by atoms with Crippen LogP contribution in [-0.4, -0.2) is 30.3 Å². The summed E-state index contributed by atoms with van der Waals surface area (Å²) in [5, 5.41) is 0.806. The van der Waals surface area contributed by atoms with Gasteiger partial charge in [0.25, 0.3) is 0 Å². The van der Waals surface area contributed by atoms with Crippen molar-refractivity contribution in [2.75, 3.05) is 13.7 Å². The molecule has 0 saturated carbocycles. The van der Waals surface area contributed by atoms with Gasteiger partial charge in [-0.25, -0.2) is 4.79 Å². The first-order chi connectivity index (χ1) is 13.0. The summed E-state index contributed by atoms with van der Waals surface area (Å²) in [4.78, 5) is 28.1. The number of Topliss-reactive ketones (excluding diaryl/α,β-unsaturated/α-hetero) is 1.